The first-order chi connectivity index (χ1) is 14.5. The van der Waals surface area contributed by atoms with Gasteiger partial charge < -0.3 is 24.8 Å². The van der Waals surface area contributed by atoms with Crippen molar-refractivity contribution in [1.82, 2.24) is 5.32 Å². The molecule has 0 unspecified atom stereocenters. The van der Waals surface area contributed by atoms with E-state index in [1.165, 1.54) is 11.6 Å². The Balaban J connectivity index is 1.39. The van der Waals surface area contributed by atoms with Gasteiger partial charge in [0.2, 0.25) is 6.79 Å². The molecule has 0 bridgehead atoms. The largest absolute Gasteiger partial charge is 0.454 e. The van der Waals surface area contributed by atoms with Gasteiger partial charge in [0.25, 0.3) is 11.8 Å². The zero-order valence-corrected chi connectivity index (χ0v) is 16.9. The second-order valence-electron chi connectivity index (χ2n) is 6.89. The molecule has 8 heteroatoms. The van der Waals surface area contributed by atoms with Gasteiger partial charge in [-0.1, -0.05) is 26.0 Å². The molecule has 1 aliphatic rings. The van der Waals surface area contributed by atoms with Gasteiger partial charge in [-0.25, -0.2) is 0 Å². The third-order valence-electron chi connectivity index (χ3n) is 4.77. The lowest BCUT2D eigenvalue weighted by Gasteiger charge is -2.11. The second-order valence-corrected chi connectivity index (χ2v) is 6.89. The smallest absolute Gasteiger partial charge is 0.325 e. The molecule has 2 aromatic rings. The monoisotopic (exact) mass is 412 g/mol. The number of fused-ring (bicyclic) bond motifs is 1. The van der Waals surface area contributed by atoms with Crippen LogP contribution in [0.1, 0.15) is 42.1 Å². The van der Waals surface area contributed by atoms with E-state index in [1.54, 1.807) is 12.1 Å². The number of esters is 1. The molecule has 2 aromatic carbocycles. The van der Waals surface area contributed by atoms with E-state index < -0.39 is 24.4 Å². The number of hydrogen-bond acceptors (Lipinski definition) is 6. The number of nitrogens with one attached hydrogen (secondary N) is 2. The van der Waals surface area contributed by atoms with E-state index in [2.05, 4.69) is 24.5 Å². The summed E-state index contributed by atoms with van der Waals surface area (Å²) in [6, 6.07) is 12.3. The summed E-state index contributed by atoms with van der Waals surface area (Å²) in [6.45, 7) is 3.57. The standard InChI is InChI=1S/C22H24N2O6/c1-3-14(2)15-4-7-17(8-5-15)24-20(25)12-28-21(26)11-23-22(27)16-6-9-18-19(10-16)30-13-29-18/h4-10,14H,3,11-13H2,1-2H3,(H,23,27)(H,24,25)/t14-/m0/s1. The van der Waals surface area contributed by atoms with E-state index in [1.807, 2.05) is 24.3 Å². The van der Waals surface area contributed by atoms with Gasteiger partial charge in [-0.3, -0.25) is 14.4 Å². The average Bonchev–Trinajstić information content (AvgIpc) is 3.24. The van der Waals surface area contributed by atoms with E-state index in [-0.39, 0.29) is 13.3 Å². The van der Waals surface area contributed by atoms with Crippen LogP contribution in [0.25, 0.3) is 0 Å². The average molecular weight is 412 g/mol. The number of rotatable bonds is 8. The minimum absolute atomic E-state index is 0.108. The molecule has 8 nitrogen and oxygen atoms in total. The van der Waals surface area contributed by atoms with E-state index in [0.29, 0.717) is 28.7 Å². The van der Waals surface area contributed by atoms with Gasteiger partial charge in [-0.2, -0.15) is 0 Å². The summed E-state index contributed by atoms with van der Waals surface area (Å²) < 4.78 is 15.3. The lowest BCUT2D eigenvalue weighted by atomic mass is 9.99. The Bertz CT molecular complexity index is 926. The van der Waals surface area contributed by atoms with Crippen molar-refractivity contribution in [3.05, 3.63) is 53.6 Å². The Morgan fingerprint density at radius 1 is 1.07 bits per heavy atom. The highest BCUT2D eigenvalue weighted by Gasteiger charge is 2.17. The van der Waals surface area contributed by atoms with Crippen molar-refractivity contribution in [2.75, 3.05) is 25.3 Å². The van der Waals surface area contributed by atoms with Crippen LogP contribution in [0.3, 0.4) is 0 Å². The normalized spacial score (nSPS) is 12.7. The molecule has 0 aromatic heterocycles. The topological polar surface area (TPSA) is 103 Å². The lowest BCUT2D eigenvalue weighted by Crippen LogP contribution is -2.32. The lowest BCUT2D eigenvalue weighted by molar-refractivity contribution is -0.146. The Hall–Kier alpha value is -3.55. The molecule has 0 spiro atoms. The summed E-state index contributed by atoms with van der Waals surface area (Å²) in [5, 5.41) is 5.11. The van der Waals surface area contributed by atoms with E-state index in [0.717, 1.165) is 6.42 Å². The van der Waals surface area contributed by atoms with Crippen LogP contribution in [0.15, 0.2) is 42.5 Å². The Morgan fingerprint density at radius 2 is 1.80 bits per heavy atom. The van der Waals surface area contributed by atoms with Crippen molar-refractivity contribution in [2.24, 2.45) is 0 Å². The van der Waals surface area contributed by atoms with Crippen LogP contribution in [0.5, 0.6) is 11.5 Å². The minimum atomic E-state index is -0.716. The predicted octanol–water partition coefficient (Wildman–Crippen LogP) is 2.84. The Morgan fingerprint density at radius 3 is 2.53 bits per heavy atom. The predicted molar refractivity (Wildman–Crippen MR) is 110 cm³/mol. The third-order valence-corrected chi connectivity index (χ3v) is 4.77. The zero-order valence-electron chi connectivity index (χ0n) is 16.9. The van der Waals surface area contributed by atoms with Crippen LogP contribution in [-0.4, -0.2) is 37.7 Å². The Labute approximate surface area is 174 Å². The van der Waals surface area contributed by atoms with Crippen LogP contribution >= 0.6 is 0 Å². The van der Waals surface area contributed by atoms with Crippen molar-refractivity contribution in [2.45, 2.75) is 26.2 Å². The van der Waals surface area contributed by atoms with Gasteiger partial charge in [0.15, 0.2) is 18.1 Å². The van der Waals surface area contributed by atoms with Gasteiger partial charge in [0.05, 0.1) is 0 Å². The van der Waals surface area contributed by atoms with Gasteiger partial charge in [-0.15, -0.1) is 0 Å². The van der Waals surface area contributed by atoms with Crippen LogP contribution in [0.4, 0.5) is 5.69 Å². The van der Waals surface area contributed by atoms with Crippen LogP contribution < -0.4 is 20.1 Å². The van der Waals surface area contributed by atoms with Crippen molar-refractivity contribution >= 4 is 23.5 Å². The summed E-state index contributed by atoms with van der Waals surface area (Å²) in [5.74, 6) is -0.154. The van der Waals surface area contributed by atoms with E-state index in [4.69, 9.17) is 14.2 Å². The molecule has 1 atom stereocenters. The summed E-state index contributed by atoms with van der Waals surface area (Å²) in [5.41, 5.74) is 2.14. The summed E-state index contributed by atoms with van der Waals surface area (Å²) in [4.78, 5) is 35.9. The third kappa shape index (κ3) is 5.50. The van der Waals surface area contributed by atoms with Gasteiger partial charge in [0.1, 0.15) is 6.54 Å². The molecule has 2 amide bonds. The highest BCUT2D eigenvalue weighted by atomic mass is 16.7. The molecular weight excluding hydrogens is 388 g/mol. The fourth-order valence-corrected chi connectivity index (χ4v) is 2.82. The molecule has 0 radical (unpaired) electrons. The molecule has 1 aliphatic heterocycles. The highest BCUT2D eigenvalue weighted by molar-refractivity contribution is 5.97. The number of amides is 2. The molecule has 0 saturated carbocycles. The number of carbonyl (C=O) groups is 3. The molecule has 30 heavy (non-hydrogen) atoms. The zero-order chi connectivity index (χ0) is 21.5. The first-order valence-corrected chi connectivity index (χ1v) is 9.69. The van der Waals surface area contributed by atoms with Crippen molar-refractivity contribution in [3.8, 4) is 11.5 Å². The summed E-state index contributed by atoms with van der Waals surface area (Å²) in [6.07, 6.45) is 1.03. The number of anilines is 1. The van der Waals surface area contributed by atoms with Gasteiger partial charge in [0, 0.05) is 11.3 Å². The van der Waals surface area contributed by atoms with E-state index in [9.17, 15) is 14.4 Å². The maximum absolute atomic E-state index is 12.1. The van der Waals surface area contributed by atoms with Crippen LogP contribution in [0.2, 0.25) is 0 Å². The number of hydrogen-bond donors (Lipinski definition) is 2. The van der Waals surface area contributed by atoms with Crippen LogP contribution in [0, 0.1) is 0 Å². The summed E-state index contributed by atoms with van der Waals surface area (Å²) in [7, 11) is 0. The maximum atomic E-state index is 12.1. The first-order valence-electron chi connectivity index (χ1n) is 9.69. The van der Waals surface area contributed by atoms with Crippen molar-refractivity contribution in [3.63, 3.8) is 0 Å². The quantitative estimate of drug-likeness (QED) is 0.647. The SMILES string of the molecule is CC[C@H](C)c1ccc(NC(=O)COC(=O)CNC(=O)c2ccc3c(c2)OCO3)cc1. The van der Waals surface area contributed by atoms with E-state index >= 15 is 0 Å². The molecule has 0 fully saturated rings. The molecule has 0 saturated heterocycles. The fourth-order valence-electron chi connectivity index (χ4n) is 2.82. The van der Waals surface area contributed by atoms with Gasteiger partial charge in [-0.05, 0) is 48.2 Å². The first kappa shape index (κ1) is 21.2. The Kier molecular flexibility index (Phi) is 6.90. The fraction of sp³-hybridized carbons (Fsp3) is 0.318. The summed E-state index contributed by atoms with van der Waals surface area (Å²) >= 11 is 0. The molecule has 3 rings (SSSR count). The highest BCUT2D eigenvalue weighted by Crippen LogP contribution is 2.32. The number of carbonyl (C=O) groups excluding carboxylic acids is 3. The second kappa shape index (κ2) is 9.78. The van der Waals surface area contributed by atoms with Crippen molar-refractivity contribution in [1.29, 1.82) is 0 Å². The minimum Gasteiger partial charge on any atom is -0.454 e. The molecular formula is C22H24N2O6. The molecule has 1 heterocycles. The van der Waals surface area contributed by atoms with Crippen molar-refractivity contribution < 1.29 is 28.6 Å². The van der Waals surface area contributed by atoms with Crippen LogP contribution in [-0.2, 0) is 14.3 Å². The molecule has 158 valence electrons. The molecule has 2 N–H and O–H groups in total. The van der Waals surface area contributed by atoms with Gasteiger partial charge >= 0.3 is 5.97 Å². The number of benzene rings is 2. The maximum Gasteiger partial charge on any atom is 0.325 e. The number of ether oxygens (including phenoxy) is 3. The molecule has 0 aliphatic carbocycles.